The van der Waals surface area contributed by atoms with Crippen molar-refractivity contribution < 1.29 is 19.0 Å². The van der Waals surface area contributed by atoms with Gasteiger partial charge in [-0.05, 0) is 47.7 Å². The Bertz CT molecular complexity index is 1400. The second kappa shape index (κ2) is 10.5. The highest BCUT2D eigenvalue weighted by Gasteiger charge is 2.35. The topological polar surface area (TPSA) is 96.6 Å². The summed E-state index contributed by atoms with van der Waals surface area (Å²) in [5.74, 6) is 1.56. The van der Waals surface area contributed by atoms with E-state index in [4.69, 9.17) is 19.6 Å². The number of aliphatic imine (C=N–C) groups is 1. The van der Waals surface area contributed by atoms with Gasteiger partial charge >= 0.3 is 0 Å². The molecule has 0 saturated carbocycles. The van der Waals surface area contributed by atoms with E-state index in [1.807, 2.05) is 72.8 Å². The average molecular weight is 499 g/mol. The number of carbonyl (C=O) groups excluding carboxylic acids is 1. The first-order chi connectivity index (χ1) is 17.6. The Balaban J connectivity index is 1.25. The van der Waals surface area contributed by atoms with Crippen LogP contribution in [0.1, 0.15) is 11.1 Å². The zero-order chi connectivity index (χ0) is 24.9. The lowest BCUT2D eigenvalue weighted by molar-refractivity contribution is -0.114. The van der Waals surface area contributed by atoms with Crippen LogP contribution in [0.25, 0.3) is 6.08 Å². The Labute approximate surface area is 212 Å². The van der Waals surface area contributed by atoms with Crippen LogP contribution >= 0.6 is 11.8 Å². The van der Waals surface area contributed by atoms with Crippen molar-refractivity contribution >= 4 is 39.8 Å². The van der Waals surface area contributed by atoms with Gasteiger partial charge in [-0.1, -0.05) is 48.5 Å². The molecule has 180 valence electrons. The van der Waals surface area contributed by atoms with Gasteiger partial charge < -0.3 is 14.2 Å². The summed E-state index contributed by atoms with van der Waals surface area (Å²) in [4.78, 5) is 16.9. The van der Waals surface area contributed by atoms with Crippen molar-refractivity contribution in [3.8, 4) is 17.2 Å². The van der Waals surface area contributed by atoms with Gasteiger partial charge in [0.05, 0.1) is 12.7 Å². The maximum absolute atomic E-state index is 12.7. The van der Waals surface area contributed by atoms with Crippen LogP contribution in [0.2, 0.25) is 0 Å². The molecule has 0 spiro atoms. The van der Waals surface area contributed by atoms with Crippen LogP contribution < -0.4 is 14.2 Å². The number of hydrogen-bond donors (Lipinski definition) is 1. The van der Waals surface area contributed by atoms with Gasteiger partial charge in [-0.15, -0.1) is 0 Å². The highest BCUT2D eigenvalue weighted by Crippen LogP contribution is 2.31. The molecule has 3 aromatic carbocycles. The van der Waals surface area contributed by atoms with Crippen molar-refractivity contribution in [2.75, 3.05) is 20.3 Å². The number of carbonyl (C=O) groups is 1. The minimum atomic E-state index is -0.471. The zero-order valence-corrected chi connectivity index (χ0v) is 20.2. The van der Waals surface area contributed by atoms with Crippen molar-refractivity contribution in [3.05, 3.63) is 95.6 Å². The van der Waals surface area contributed by atoms with E-state index in [-0.39, 0.29) is 11.4 Å². The van der Waals surface area contributed by atoms with Crippen LogP contribution in [0.4, 0.5) is 0 Å². The highest BCUT2D eigenvalue weighted by molar-refractivity contribution is 8.27. The second-order valence-electron chi connectivity index (χ2n) is 7.74. The average Bonchev–Trinajstić information content (AvgIpc) is 3.34. The summed E-state index contributed by atoms with van der Waals surface area (Å²) >= 11 is 1.28. The Hall–Kier alpha value is -4.37. The van der Waals surface area contributed by atoms with Crippen LogP contribution in [0.5, 0.6) is 17.2 Å². The number of benzene rings is 3. The monoisotopic (exact) mass is 498 g/mol. The molecule has 1 amide bonds. The van der Waals surface area contributed by atoms with E-state index in [0.717, 1.165) is 11.3 Å². The van der Waals surface area contributed by atoms with Gasteiger partial charge in [0.1, 0.15) is 35.5 Å². The molecule has 0 radical (unpaired) electrons. The van der Waals surface area contributed by atoms with Crippen LogP contribution in [0.3, 0.4) is 0 Å². The molecule has 36 heavy (non-hydrogen) atoms. The number of hydrogen-bond acceptors (Lipinski definition) is 7. The van der Waals surface area contributed by atoms with Crippen LogP contribution in [0.15, 0.2) is 94.5 Å². The van der Waals surface area contributed by atoms with Gasteiger partial charge in [-0.3, -0.25) is 10.2 Å². The molecule has 0 atom stereocenters. The molecule has 9 heteroatoms. The number of hydrazone groups is 1. The summed E-state index contributed by atoms with van der Waals surface area (Å²) in [7, 11) is 1.61. The number of nitrogens with zero attached hydrogens (tertiary/aromatic N) is 3. The van der Waals surface area contributed by atoms with E-state index in [2.05, 4.69) is 10.1 Å². The maximum Gasteiger partial charge on any atom is 0.283 e. The van der Waals surface area contributed by atoms with Gasteiger partial charge in [-0.25, -0.2) is 0 Å². The first kappa shape index (κ1) is 23.4. The molecule has 0 bridgehead atoms. The van der Waals surface area contributed by atoms with E-state index >= 15 is 0 Å². The molecule has 0 aromatic heterocycles. The largest absolute Gasteiger partial charge is 0.497 e. The van der Waals surface area contributed by atoms with Gasteiger partial charge in [-0.2, -0.15) is 15.1 Å². The summed E-state index contributed by atoms with van der Waals surface area (Å²) in [6.07, 6.45) is 1.63. The maximum atomic E-state index is 12.7. The third kappa shape index (κ3) is 5.16. The summed E-state index contributed by atoms with van der Waals surface area (Å²) in [6.45, 7) is 0.690. The van der Waals surface area contributed by atoms with Crippen molar-refractivity contribution in [2.24, 2.45) is 10.1 Å². The third-order valence-corrected chi connectivity index (χ3v) is 6.26. The molecule has 5 rings (SSSR count). The normalized spacial score (nSPS) is 15.9. The number of amidine groups is 2. The van der Waals surface area contributed by atoms with Crippen molar-refractivity contribution in [1.29, 1.82) is 5.41 Å². The van der Waals surface area contributed by atoms with Gasteiger partial charge in [0.15, 0.2) is 5.84 Å². The van der Waals surface area contributed by atoms with Gasteiger partial charge in [0.25, 0.3) is 5.91 Å². The Kier molecular flexibility index (Phi) is 6.81. The molecule has 1 N–H and O–H groups in total. The quantitative estimate of drug-likeness (QED) is 0.353. The molecular formula is C27H22N4O4S. The summed E-state index contributed by atoms with van der Waals surface area (Å²) in [6, 6.07) is 24.3. The predicted octanol–water partition coefficient (Wildman–Crippen LogP) is 4.82. The standard InChI is InChI=1S/C27H22N4O4S/c1-33-20-10-6-12-22(17-20)35-14-13-34-21-11-5-7-18(15-21)16-23-24(28)31-27(29-25(23)32)36-26(30-31)19-8-3-2-4-9-19/h2-12,15-17,28H,13-14H2,1H3/b23-16-,28-24?. The van der Waals surface area contributed by atoms with E-state index in [0.29, 0.717) is 40.5 Å². The lowest BCUT2D eigenvalue weighted by Gasteiger charge is -2.20. The molecule has 0 fully saturated rings. The lowest BCUT2D eigenvalue weighted by Crippen LogP contribution is -2.35. The molecule has 2 heterocycles. The fraction of sp³-hybridized carbons (Fsp3) is 0.111. The van der Waals surface area contributed by atoms with Gasteiger partial charge in [0, 0.05) is 11.6 Å². The second-order valence-corrected chi connectivity index (χ2v) is 8.70. The van der Waals surface area contributed by atoms with Crippen LogP contribution in [0, 0.1) is 5.41 Å². The minimum Gasteiger partial charge on any atom is -0.497 e. The fourth-order valence-corrected chi connectivity index (χ4v) is 4.46. The number of amides is 1. The summed E-state index contributed by atoms with van der Waals surface area (Å²) < 4.78 is 16.7. The van der Waals surface area contributed by atoms with Crippen molar-refractivity contribution in [1.82, 2.24) is 5.01 Å². The first-order valence-corrected chi connectivity index (χ1v) is 12.0. The SMILES string of the molecule is COc1cccc(OCCOc2cccc(/C=C3/C(=N)N4N=C(c5ccccc5)SC4=NC3=O)c2)c1. The number of nitrogens with one attached hydrogen (secondary N) is 1. The summed E-state index contributed by atoms with van der Waals surface area (Å²) in [5.41, 5.74) is 1.79. The van der Waals surface area contributed by atoms with Crippen molar-refractivity contribution in [3.63, 3.8) is 0 Å². The van der Waals surface area contributed by atoms with Crippen LogP contribution in [-0.4, -0.2) is 47.3 Å². The Morgan fingerprint density at radius 1 is 0.917 bits per heavy atom. The number of rotatable bonds is 8. The highest BCUT2D eigenvalue weighted by atomic mass is 32.2. The fourth-order valence-electron chi connectivity index (χ4n) is 3.56. The zero-order valence-electron chi connectivity index (χ0n) is 19.4. The summed E-state index contributed by atoms with van der Waals surface area (Å²) in [5, 5.41) is 15.6. The molecule has 3 aromatic rings. The molecule has 8 nitrogen and oxygen atoms in total. The minimum absolute atomic E-state index is 0.0126. The third-order valence-electron chi connectivity index (χ3n) is 5.31. The van der Waals surface area contributed by atoms with E-state index in [9.17, 15) is 4.79 Å². The van der Waals surface area contributed by atoms with Crippen molar-refractivity contribution in [2.45, 2.75) is 0 Å². The predicted molar refractivity (Wildman–Crippen MR) is 141 cm³/mol. The smallest absolute Gasteiger partial charge is 0.283 e. The molecule has 0 saturated heterocycles. The Morgan fingerprint density at radius 3 is 2.36 bits per heavy atom. The molecule has 0 unspecified atom stereocenters. The molecular weight excluding hydrogens is 476 g/mol. The molecule has 0 aliphatic carbocycles. The van der Waals surface area contributed by atoms with E-state index in [1.165, 1.54) is 16.8 Å². The lowest BCUT2D eigenvalue weighted by atomic mass is 10.1. The number of methoxy groups -OCH3 is 1. The first-order valence-electron chi connectivity index (χ1n) is 11.2. The molecule has 2 aliphatic rings. The number of ether oxygens (including phenoxy) is 3. The number of thioether (sulfide) groups is 1. The number of fused-ring (bicyclic) bond motifs is 1. The Morgan fingerprint density at radius 2 is 1.61 bits per heavy atom. The van der Waals surface area contributed by atoms with E-state index in [1.54, 1.807) is 19.3 Å². The van der Waals surface area contributed by atoms with Crippen LogP contribution in [-0.2, 0) is 4.79 Å². The van der Waals surface area contributed by atoms with E-state index < -0.39 is 5.91 Å². The molecule has 2 aliphatic heterocycles. The van der Waals surface area contributed by atoms with Gasteiger partial charge in [0.2, 0.25) is 5.17 Å².